The van der Waals surface area contributed by atoms with Crippen LogP contribution >= 0.6 is 0 Å². The third-order valence-electron chi connectivity index (χ3n) is 13.8. The summed E-state index contributed by atoms with van der Waals surface area (Å²) in [6.07, 6.45) is 0. The number of hydrogen-bond acceptors (Lipinski definition) is 2. The lowest BCUT2D eigenvalue weighted by atomic mass is 9.82. The standard InChI is InChI=1S/C61H42N2O/c1-61(2)53-20-8-5-19-51(53)59-54(61)21-12-24-57(59)62(45-33-27-40(28-34-45)43-30-36-58-52(38-43)50-35-29-41-13-3-4-16-47(41)60(50)64-58)44-31-25-39(26-32-44)42-14-11-15-46(37-42)63-55-22-9-6-17-48(55)49-18-7-10-23-56(49)63/h3-38H,1-2H3. The highest BCUT2D eigenvalue weighted by molar-refractivity contribution is 6.15. The van der Waals surface area contributed by atoms with Gasteiger partial charge in [0.15, 0.2) is 0 Å². The third kappa shape index (κ3) is 5.47. The molecule has 302 valence electrons. The number of para-hydroxylation sites is 2. The zero-order valence-corrected chi connectivity index (χ0v) is 35.6. The smallest absolute Gasteiger partial charge is 0.143 e. The first-order valence-corrected chi connectivity index (χ1v) is 22.2. The molecule has 12 aromatic rings. The Balaban J connectivity index is 0.917. The molecule has 1 aliphatic carbocycles. The molecule has 0 atom stereocenters. The molecule has 0 fully saturated rings. The fourth-order valence-corrected chi connectivity index (χ4v) is 10.7. The normalized spacial score (nSPS) is 13.0. The molecule has 0 bridgehead atoms. The van der Waals surface area contributed by atoms with Gasteiger partial charge in [0.25, 0.3) is 0 Å². The molecule has 0 saturated heterocycles. The quantitative estimate of drug-likeness (QED) is 0.167. The van der Waals surface area contributed by atoms with Gasteiger partial charge in [-0.15, -0.1) is 0 Å². The number of rotatable bonds is 6. The lowest BCUT2D eigenvalue weighted by molar-refractivity contribution is 0.660. The molecule has 0 unspecified atom stereocenters. The lowest BCUT2D eigenvalue weighted by Gasteiger charge is -2.29. The van der Waals surface area contributed by atoms with E-state index in [0.717, 1.165) is 55.5 Å². The van der Waals surface area contributed by atoms with Crippen LogP contribution in [0.15, 0.2) is 223 Å². The lowest BCUT2D eigenvalue weighted by Crippen LogP contribution is -2.16. The SMILES string of the molecule is CC1(C)c2ccccc2-c2c(N(c3ccc(-c4cccc(-n5c6ccccc6c6ccccc65)c4)cc3)c3ccc(-c4ccc5oc6c7ccccc7ccc6c5c4)cc3)cccc21. The van der Waals surface area contributed by atoms with Crippen LogP contribution in [-0.4, -0.2) is 4.57 Å². The topological polar surface area (TPSA) is 21.3 Å². The molecule has 0 saturated carbocycles. The molecule has 64 heavy (non-hydrogen) atoms. The first-order valence-electron chi connectivity index (χ1n) is 22.2. The van der Waals surface area contributed by atoms with Gasteiger partial charge in [0.05, 0.1) is 16.7 Å². The Bertz CT molecular complexity index is 3760. The molecule has 3 nitrogen and oxygen atoms in total. The predicted octanol–water partition coefficient (Wildman–Crippen LogP) is 16.9. The van der Waals surface area contributed by atoms with Gasteiger partial charge < -0.3 is 13.9 Å². The second-order valence-corrected chi connectivity index (χ2v) is 17.7. The summed E-state index contributed by atoms with van der Waals surface area (Å²) in [4.78, 5) is 2.44. The van der Waals surface area contributed by atoms with Gasteiger partial charge in [-0.1, -0.05) is 159 Å². The second kappa shape index (κ2) is 13.9. The van der Waals surface area contributed by atoms with Crippen LogP contribution in [0.4, 0.5) is 17.1 Å². The second-order valence-electron chi connectivity index (χ2n) is 17.7. The molecule has 1 aliphatic rings. The number of nitrogens with zero attached hydrogens (tertiary/aromatic N) is 2. The fraction of sp³-hybridized carbons (Fsp3) is 0.0492. The van der Waals surface area contributed by atoms with Crippen molar-refractivity contribution in [2.45, 2.75) is 19.3 Å². The highest BCUT2D eigenvalue weighted by atomic mass is 16.3. The number of hydrogen-bond donors (Lipinski definition) is 0. The Hall–Kier alpha value is -8.14. The van der Waals surface area contributed by atoms with Crippen molar-refractivity contribution in [2.75, 3.05) is 4.90 Å². The van der Waals surface area contributed by atoms with Crippen molar-refractivity contribution in [1.29, 1.82) is 0 Å². The van der Waals surface area contributed by atoms with Gasteiger partial charge in [-0.3, -0.25) is 0 Å². The molecule has 0 amide bonds. The maximum Gasteiger partial charge on any atom is 0.143 e. The van der Waals surface area contributed by atoms with Gasteiger partial charge in [0.1, 0.15) is 11.2 Å². The van der Waals surface area contributed by atoms with Crippen molar-refractivity contribution in [3.63, 3.8) is 0 Å². The number of furan rings is 1. The number of anilines is 3. The molecule has 0 spiro atoms. The number of aromatic nitrogens is 1. The van der Waals surface area contributed by atoms with Crippen LogP contribution in [0.3, 0.4) is 0 Å². The van der Waals surface area contributed by atoms with E-state index in [1.165, 1.54) is 66.3 Å². The molecule has 2 aromatic heterocycles. The van der Waals surface area contributed by atoms with Crippen LogP contribution in [0.1, 0.15) is 25.0 Å². The first kappa shape index (κ1) is 36.5. The Labute approximate surface area is 371 Å². The van der Waals surface area contributed by atoms with Crippen LogP contribution in [-0.2, 0) is 5.41 Å². The maximum absolute atomic E-state index is 6.46. The summed E-state index contributed by atoms with van der Waals surface area (Å²) in [6.45, 7) is 4.71. The van der Waals surface area contributed by atoms with Crippen molar-refractivity contribution in [3.05, 3.63) is 230 Å². The average molecular weight is 819 g/mol. The Morgan fingerprint density at radius 1 is 0.422 bits per heavy atom. The van der Waals surface area contributed by atoms with Crippen molar-refractivity contribution in [3.8, 4) is 39.1 Å². The molecular weight excluding hydrogens is 777 g/mol. The van der Waals surface area contributed by atoms with E-state index < -0.39 is 0 Å². The van der Waals surface area contributed by atoms with Crippen LogP contribution in [0, 0.1) is 0 Å². The summed E-state index contributed by atoms with van der Waals surface area (Å²) in [7, 11) is 0. The molecule has 13 rings (SSSR count). The minimum Gasteiger partial charge on any atom is -0.455 e. The van der Waals surface area contributed by atoms with E-state index in [0.29, 0.717) is 0 Å². The van der Waals surface area contributed by atoms with E-state index in [4.69, 9.17) is 4.42 Å². The first-order chi connectivity index (χ1) is 31.5. The highest BCUT2D eigenvalue weighted by Crippen LogP contribution is 2.54. The summed E-state index contributed by atoms with van der Waals surface area (Å²) in [5.41, 5.74) is 18.6. The number of fused-ring (bicyclic) bond motifs is 11. The predicted molar refractivity (Wildman–Crippen MR) is 269 cm³/mol. The van der Waals surface area contributed by atoms with Crippen LogP contribution in [0.2, 0.25) is 0 Å². The van der Waals surface area contributed by atoms with Gasteiger partial charge in [-0.2, -0.15) is 0 Å². The zero-order chi connectivity index (χ0) is 42.5. The third-order valence-corrected chi connectivity index (χ3v) is 13.8. The van der Waals surface area contributed by atoms with Crippen molar-refractivity contribution >= 4 is 71.6 Å². The van der Waals surface area contributed by atoms with Crippen molar-refractivity contribution < 1.29 is 4.42 Å². The highest BCUT2D eigenvalue weighted by Gasteiger charge is 2.37. The van der Waals surface area contributed by atoms with E-state index in [2.05, 4.69) is 242 Å². The summed E-state index contributed by atoms with van der Waals surface area (Å²) in [5.74, 6) is 0. The fourth-order valence-electron chi connectivity index (χ4n) is 10.7. The van der Waals surface area contributed by atoms with E-state index in [9.17, 15) is 0 Å². The maximum atomic E-state index is 6.46. The summed E-state index contributed by atoms with van der Waals surface area (Å²) in [6, 6.07) is 79.7. The van der Waals surface area contributed by atoms with Gasteiger partial charge in [0.2, 0.25) is 0 Å². The van der Waals surface area contributed by atoms with E-state index in [1.807, 2.05) is 0 Å². The molecule has 0 aliphatic heterocycles. The van der Waals surface area contributed by atoms with E-state index in [1.54, 1.807) is 0 Å². The molecule has 2 heterocycles. The summed E-state index contributed by atoms with van der Waals surface area (Å²) in [5, 5.41) is 7.13. The molecule has 0 N–H and O–H groups in total. The average Bonchev–Trinajstić information content (AvgIpc) is 3.98. The Morgan fingerprint density at radius 2 is 1.02 bits per heavy atom. The van der Waals surface area contributed by atoms with Gasteiger partial charge in [-0.25, -0.2) is 0 Å². The molecule has 3 heteroatoms. The largest absolute Gasteiger partial charge is 0.455 e. The monoisotopic (exact) mass is 818 g/mol. The van der Waals surface area contributed by atoms with Gasteiger partial charge >= 0.3 is 0 Å². The Morgan fingerprint density at radius 3 is 1.75 bits per heavy atom. The summed E-state index contributed by atoms with van der Waals surface area (Å²) < 4.78 is 8.85. The molecule has 10 aromatic carbocycles. The zero-order valence-electron chi connectivity index (χ0n) is 35.6. The Kier molecular flexibility index (Phi) is 7.95. The van der Waals surface area contributed by atoms with Gasteiger partial charge in [-0.05, 0) is 117 Å². The van der Waals surface area contributed by atoms with E-state index in [-0.39, 0.29) is 5.41 Å². The number of benzene rings is 10. The van der Waals surface area contributed by atoms with Crippen molar-refractivity contribution in [2.24, 2.45) is 0 Å². The van der Waals surface area contributed by atoms with Crippen LogP contribution in [0.25, 0.3) is 93.6 Å². The summed E-state index contributed by atoms with van der Waals surface area (Å²) >= 11 is 0. The van der Waals surface area contributed by atoms with Crippen LogP contribution in [0.5, 0.6) is 0 Å². The van der Waals surface area contributed by atoms with E-state index >= 15 is 0 Å². The van der Waals surface area contributed by atoms with Crippen molar-refractivity contribution in [1.82, 2.24) is 4.57 Å². The molecular formula is C61H42N2O. The van der Waals surface area contributed by atoms with Gasteiger partial charge in [0, 0.05) is 55.0 Å². The molecule has 0 radical (unpaired) electrons. The minimum atomic E-state index is -0.120. The van der Waals surface area contributed by atoms with Crippen LogP contribution < -0.4 is 4.90 Å². The minimum absolute atomic E-state index is 0.120.